The molecule has 0 aromatic heterocycles. The maximum atomic E-state index is 13.6. The maximum absolute atomic E-state index is 13.6. The highest BCUT2D eigenvalue weighted by Gasteiger charge is 2.27. The summed E-state index contributed by atoms with van der Waals surface area (Å²) in [5, 5.41) is 3.07. The Bertz CT molecular complexity index is 1760. The zero-order valence-electron chi connectivity index (χ0n) is 22.5. The van der Waals surface area contributed by atoms with Crippen molar-refractivity contribution in [1.29, 1.82) is 0 Å². The lowest BCUT2D eigenvalue weighted by molar-refractivity contribution is -0.114. The number of carbonyl (C=O) groups excluding carboxylic acids is 1. The van der Waals surface area contributed by atoms with Crippen molar-refractivity contribution in [3.63, 3.8) is 0 Å². The zero-order valence-corrected chi connectivity index (χ0v) is 24.8. The fourth-order valence-electron chi connectivity index (χ4n) is 3.87. The Hall–Kier alpha value is -4.06. The Balaban J connectivity index is 1.53. The quantitative estimate of drug-likeness (QED) is 0.240. The standard InChI is InChI=1S/C29H28ClN3O6S2/c1-20-7-11-23(12-8-20)33(41(37,38)26-17-13-24(39-3)14-18-26)19-29(34)31-22-9-15-25(16-10-22)40(35,36)32-28-6-4-5-27(30)21(28)2/h4-18,32H,19H2,1-3H3,(H,31,34). The number of nitrogens with one attached hydrogen (secondary N) is 2. The third kappa shape index (κ3) is 6.99. The second-order valence-corrected chi connectivity index (χ2v) is 13.1. The summed E-state index contributed by atoms with van der Waals surface area (Å²) >= 11 is 6.09. The van der Waals surface area contributed by atoms with Gasteiger partial charge in [-0.25, -0.2) is 16.8 Å². The molecule has 9 nitrogen and oxygen atoms in total. The van der Waals surface area contributed by atoms with Crippen molar-refractivity contribution in [2.45, 2.75) is 23.6 Å². The summed E-state index contributed by atoms with van der Waals surface area (Å²) in [7, 11) is -6.57. The first-order valence-corrected chi connectivity index (χ1v) is 15.6. The number of halogens is 1. The summed E-state index contributed by atoms with van der Waals surface area (Å²) in [5.41, 5.74) is 2.47. The van der Waals surface area contributed by atoms with Crippen LogP contribution in [0.1, 0.15) is 11.1 Å². The van der Waals surface area contributed by atoms with Gasteiger partial charge in [0, 0.05) is 10.7 Å². The van der Waals surface area contributed by atoms with Crippen LogP contribution in [0.15, 0.2) is 101 Å². The molecule has 0 atom stereocenters. The molecule has 41 heavy (non-hydrogen) atoms. The van der Waals surface area contributed by atoms with Gasteiger partial charge < -0.3 is 10.1 Å². The van der Waals surface area contributed by atoms with Crippen molar-refractivity contribution in [3.05, 3.63) is 107 Å². The van der Waals surface area contributed by atoms with E-state index in [9.17, 15) is 21.6 Å². The molecule has 0 aliphatic carbocycles. The van der Waals surface area contributed by atoms with Crippen LogP contribution in [0.25, 0.3) is 0 Å². The Morgan fingerprint density at radius 1 is 0.829 bits per heavy atom. The monoisotopic (exact) mass is 613 g/mol. The molecule has 0 heterocycles. The van der Waals surface area contributed by atoms with Gasteiger partial charge in [-0.3, -0.25) is 13.8 Å². The molecule has 0 aliphatic heterocycles. The van der Waals surface area contributed by atoms with Gasteiger partial charge in [-0.1, -0.05) is 35.4 Å². The molecule has 0 unspecified atom stereocenters. The summed E-state index contributed by atoms with van der Waals surface area (Å²) in [6.45, 7) is 3.05. The van der Waals surface area contributed by atoms with Gasteiger partial charge in [0.1, 0.15) is 12.3 Å². The fraction of sp³-hybridized carbons (Fsp3) is 0.138. The molecule has 4 aromatic rings. The average Bonchev–Trinajstić information content (AvgIpc) is 2.95. The predicted molar refractivity (Wildman–Crippen MR) is 161 cm³/mol. The first kappa shape index (κ1) is 29.9. The molecular weight excluding hydrogens is 586 g/mol. The van der Waals surface area contributed by atoms with Gasteiger partial charge in [0.15, 0.2) is 0 Å². The maximum Gasteiger partial charge on any atom is 0.264 e. The van der Waals surface area contributed by atoms with E-state index >= 15 is 0 Å². The molecule has 0 bridgehead atoms. The van der Waals surface area contributed by atoms with Crippen molar-refractivity contribution < 1.29 is 26.4 Å². The fourth-order valence-corrected chi connectivity index (χ4v) is 6.59. The van der Waals surface area contributed by atoms with Crippen molar-refractivity contribution in [2.75, 3.05) is 28.0 Å². The van der Waals surface area contributed by atoms with Crippen LogP contribution < -0.4 is 19.1 Å². The van der Waals surface area contributed by atoms with E-state index in [1.54, 1.807) is 49.4 Å². The number of hydrogen-bond donors (Lipinski definition) is 2. The minimum absolute atomic E-state index is 0.0105. The number of methoxy groups -OCH3 is 1. The summed E-state index contributed by atoms with van der Waals surface area (Å²) < 4.78 is 61.6. The Morgan fingerprint density at radius 2 is 1.44 bits per heavy atom. The van der Waals surface area contributed by atoms with E-state index < -0.39 is 32.5 Å². The lowest BCUT2D eigenvalue weighted by Crippen LogP contribution is -2.38. The number of benzene rings is 4. The highest BCUT2D eigenvalue weighted by molar-refractivity contribution is 7.93. The van der Waals surface area contributed by atoms with E-state index in [2.05, 4.69) is 10.0 Å². The lowest BCUT2D eigenvalue weighted by atomic mass is 10.2. The second kappa shape index (κ2) is 12.2. The van der Waals surface area contributed by atoms with E-state index in [-0.39, 0.29) is 9.79 Å². The van der Waals surface area contributed by atoms with Gasteiger partial charge >= 0.3 is 0 Å². The molecular formula is C29H28ClN3O6S2. The van der Waals surface area contributed by atoms with Crippen molar-refractivity contribution in [1.82, 2.24) is 0 Å². The largest absolute Gasteiger partial charge is 0.497 e. The summed E-state index contributed by atoms with van der Waals surface area (Å²) in [4.78, 5) is 13.0. The molecule has 0 saturated heterocycles. The summed E-state index contributed by atoms with van der Waals surface area (Å²) in [6, 6.07) is 23.0. The van der Waals surface area contributed by atoms with Crippen molar-refractivity contribution >= 4 is 54.6 Å². The van der Waals surface area contributed by atoms with Crippen LogP contribution in [0.4, 0.5) is 17.1 Å². The zero-order chi connectivity index (χ0) is 29.8. The van der Waals surface area contributed by atoms with Crippen molar-refractivity contribution in [2.24, 2.45) is 0 Å². The molecule has 12 heteroatoms. The Morgan fingerprint density at radius 3 is 2.05 bits per heavy atom. The molecule has 0 fully saturated rings. The highest BCUT2D eigenvalue weighted by Crippen LogP contribution is 2.27. The molecule has 214 valence electrons. The first-order chi connectivity index (χ1) is 19.4. The minimum atomic E-state index is -4.12. The number of hydrogen-bond acceptors (Lipinski definition) is 6. The van der Waals surface area contributed by atoms with Gasteiger partial charge in [-0.15, -0.1) is 0 Å². The number of anilines is 3. The van der Waals surface area contributed by atoms with Crippen LogP contribution in [0.2, 0.25) is 5.02 Å². The number of aryl methyl sites for hydroxylation is 1. The van der Waals surface area contributed by atoms with E-state index in [1.807, 2.05) is 6.92 Å². The van der Waals surface area contributed by atoms with E-state index in [1.165, 1.54) is 55.6 Å². The predicted octanol–water partition coefficient (Wildman–Crippen LogP) is 5.60. The van der Waals surface area contributed by atoms with Crippen LogP contribution in [0, 0.1) is 13.8 Å². The number of nitrogens with zero attached hydrogens (tertiary/aromatic N) is 1. The van der Waals surface area contributed by atoms with Crippen LogP contribution in [0.3, 0.4) is 0 Å². The van der Waals surface area contributed by atoms with Crippen LogP contribution in [-0.4, -0.2) is 36.4 Å². The Kier molecular flexibility index (Phi) is 8.91. The summed E-state index contributed by atoms with van der Waals surface area (Å²) in [5.74, 6) is -0.127. The normalized spacial score (nSPS) is 11.5. The average molecular weight is 614 g/mol. The molecule has 2 N–H and O–H groups in total. The summed E-state index contributed by atoms with van der Waals surface area (Å²) in [6.07, 6.45) is 0. The lowest BCUT2D eigenvalue weighted by Gasteiger charge is -2.24. The molecule has 0 radical (unpaired) electrons. The molecule has 0 spiro atoms. The van der Waals surface area contributed by atoms with Gasteiger partial charge in [0.2, 0.25) is 5.91 Å². The molecule has 4 rings (SSSR count). The van der Waals surface area contributed by atoms with E-state index in [0.717, 1.165) is 9.87 Å². The third-order valence-electron chi connectivity index (χ3n) is 6.22. The Labute approximate surface area is 244 Å². The van der Waals surface area contributed by atoms with E-state index in [0.29, 0.717) is 33.4 Å². The van der Waals surface area contributed by atoms with Gasteiger partial charge in [0.05, 0.1) is 28.3 Å². The number of amides is 1. The van der Waals surface area contributed by atoms with Crippen LogP contribution in [0.5, 0.6) is 5.75 Å². The third-order valence-corrected chi connectivity index (χ3v) is 9.80. The first-order valence-electron chi connectivity index (χ1n) is 12.3. The number of rotatable bonds is 10. The number of sulfonamides is 2. The SMILES string of the molecule is COc1ccc(S(=O)(=O)N(CC(=O)Nc2ccc(S(=O)(=O)Nc3cccc(Cl)c3C)cc2)c2ccc(C)cc2)cc1. The molecule has 4 aromatic carbocycles. The van der Waals surface area contributed by atoms with Crippen molar-refractivity contribution in [3.8, 4) is 5.75 Å². The minimum Gasteiger partial charge on any atom is -0.497 e. The second-order valence-electron chi connectivity index (χ2n) is 9.11. The smallest absolute Gasteiger partial charge is 0.264 e. The molecule has 0 saturated carbocycles. The van der Waals surface area contributed by atoms with Crippen LogP contribution >= 0.6 is 11.6 Å². The van der Waals surface area contributed by atoms with Gasteiger partial charge in [-0.05, 0) is 92.2 Å². The van der Waals surface area contributed by atoms with Gasteiger partial charge in [0.25, 0.3) is 20.0 Å². The molecule has 1 amide bonds. The van der Waals surface area contributed by atoms with Gasteiger partial charge in [-0.2, -0.15) is 0 Å². The number of carbonyl (C=O) groups is 1. The van der Waals surface area contributed by atoms with Crippen LogP contribution in [-0.2, 0) is 24.8 Å². The number of ether oxygens (including phenoxy) is 1. The molecule has 0 aliphatic rings. The van der Waals surface area contributed by atoms with E-state index in [4.69, 9.17) is 16.3 Å². The highest BCUT2D eigenvalue weighted by atomic mass is 35.5. The topological polar surface area (TPSA) is 122 Å².